The van der Waals surface area contributed by atoms with Crippen LogP contribution in [0.25, 0.3) is 0 Å². The summed E-state index contributed by atoms with van der Waals surface area (Å²) in [6.45, 7) is 14.4. The van der Waals surface area contributed by atoms with Gasteiger partial charge in [-0.15, -0.1) is 0 Å². The van der Waals surface area contributed by atoms with Crippen molar-refractivity contribution in [3.63, 3.8) is 0 Å². The van der Waals surface area contributed by atoms with Crippen molar-refractivity contribution in [3.05, 3.63) is 0 Å². The molecule has 0 aromatic carbocycles. The van der Waals surface area contributed by atoms with Crippen LogP contribution in [0.1, 0.15) is 74.7 Å². The van der Waals surface area contributed by atoms with E-state index in [0.717, 1.165) is 0 Å². The minimum Gasteiger partial charge on any atom is -0.458 e. The first kappa shape index (κ1) is 36.7. The van der Waals surface area contributed by atoms with E-state index in [2.05, 4.69) is 5.32 Å². The highest BCUT2D eigenvalue weighted by Gasteiger charge is 2.62. The van der Waals surface area contributed by atoms with Gasteiger partial charge < -0.3 is 39.4 Å². The maximum Gasteiger partial charge on any atom is 0.411 e. The molecule has 0 aromatic heterocycles. The van der Waals surface area contributed by atoms with Crippen LogP contribution in [0.2, 0.25) is 0 Å². The Labute approximate surface area is 272 Å². The quantitative estimate of drug-likeness (QED) is 0.290. The van der Waals surface area contributed by atoms with Gasteiger partial charge in [0.25, 0.3) is 0 Å². The summed E-state index contributed by atoms with van der Waals surface area (Å²) in [5.74, 6) is -5.34. The number of aliphatic hydroxyl groups is 2. The number of carbonyl (C=O) groups is 4. The Bertz CT molecular complexity index is 1160. The van der Waals surface area contributed by atoms with Gasteiger partial charge in [0.15, 0.2) is 17.7 Å². The number of ether oxygens (including phenoxy) is 4. The SMILES string of the molecule is CC[C@H]1OC(=O)[C@H](C)C(=O)[C@H](C)[C@@H](O[C@@H]2O[C@H](C)C[C@H](N(C)C)[C@H]2O)[C@](C)(O)C[C@@H](C)C(=O)[C@H](C)[C@H]2N(C3CNC3)C(=O)O[C@]12C. The van der Waals surface area contributed by atoms with Gasteiger partial charge in [0.05, 0.1) is 29.9 Å². The largest absolute Gasteiger partial charge is 0.458 e. The van der Waals surface area contributed by atoms with Crippen LogP contribution >= 0.6 is 0 Å². The van der Waals surface area contributed by atoms with Gasteiger partial charge in [-0.2, -0.15) is 0 Å². The molecule has 13 heteroatoms. The van der Waals surface area contributed by atoms with Crippen molar-refractivity contribution in [3.8, 4) is 0 Å². The van der Waals surface area contributed by atoms with E-state index < -0.39 is 83.4 Å². The molecule has 13 nitrogen and oxygen atoms in total. The molecule has 0 aromatic rings. The van der Waals surface area contributed by atoms with E-state index in [1.165, 1.54) is 13.8 Å². The van der Waals surface area contributed by atoms with Crippen molar-refractivity contribution in [2.24, 2.45) is 23.7 Å². The number of nitrogens with zero attached hydrogens (tertiary/aromatic N) is 2. The molecule has 4 fully saturated rings. The van der Waals surface area contributed by atoms with Crippen LogP contribution < -0.4 is 5.32 Å². The zero-order valence-corrected chi connectivity index (χ0v) is 29.0. The number of nitrogens with one attached hydrogen (secondary N) is 1. The highest BCUT2D eigenvalue weighted by atomic mass is 16.7. The van der Waals surface area contributed by atoms with Crippen LogP contribution in [-0.4, -0.2) is 131 Å². The fourth-order valence-electron chi connectivity index (χ4n) is 8.08. The molecule has 1 amide bonds. The van der Waals surface area contributed by atoms with Gasteiger partial charge in [-0.1, -0.05) is 27.7 Å². The summed E-state index contributed by atoms with van der Waals surface area (Å²) in [5.41, 5.74) is -3.14. The van der Waals surface area contributed by atoms with Gasteiger partial charge in [0.2, 0.25) is 0 Å². The Hall–Kier alpha value is -2.16. The number of hydrogen-bond donors (Lipinski definition) is 3. The number of fused-ring (bicyclic) bond motifs is 1. The monoisotopic (exact) mass is 653 g/mol. The summed E-state index contributed by atoms with van der Waals surface area (Å²) in [6, 6.07) is -1.27. The number of Topliss-reactive ketones (excluding diaryl/α,β-unsaturated/α-hetero) is 2. The maximum atomic E-state index is 14.2. The normalized spacial score (nSPS) is 45.2. The Morgan fingerprint density at radius 2 is 1.65 bits per heavy atom. The molecule has 0 bridgehead atoms. The molecule has 4 saturated heterocycles. The number of amides is 1. The van der Waals surface area contributed by atoms with Crippen molar-refractivity contribution < 1.29 is 48.3 Å². The van der Waals surface area contributed by atoms with Crippen LogP contribution in [0.3, 0.4) is 0 Å². The molecule has 0 spiro atoms. The molecule has 4 heterocycles. The van der Waals surface area contributed by atoms with Gasteiger partial charge in [0.1, 0.15) is 23.9 Å². The fraction of sp³-hybridized carbons (Fsp3) is 0.879. The van der Waals surface area contributed by atoms with E-state index in [4.69, 9.17) is 18.9 Å². The molecule has 262 valence electrons. The van der Waals surface area contributed by atoms with Gasteiger partial charge in [0, 0.05) is 36.9 Å². The third kappa shape index (κ3) is 6.73. The second-order valence-corrected chi connectivity index (χ2v) is 14.7. The molecule has 4 aliphatic heterocycles. The average molecular weight is 654 g/mol. The Balaban J connectivity index is 1.75. The molecule has 4 rings (SSSR count). The Morgan fingerprint density at radius 3 is 2.20 bits per heavy atom. The van der Waals surface area contributed by atoms with E-state index in [9.17, 15) is 29.4 Å². The van der Waals surface area contributed by atoms with Gasteiger partial charge >= 0.3 is 12.1 Å². The van der Waals surface area contributed by atoms with E-state index in [0.29, 0.717) is 19.5 Å². The van der Waals surface area contributed by atoms with Crippen molar-refractivity contribution >= 4 is 23.6 Å². The third-order valence-corrected chi connectivity index (χ3v) is 10.8. The van der Waals surface area contributed by atoms with Gasteiger partial charge in [-0.3, -0.25) is 19.3 Å². The zero-order chi connectivity index (χ0) is 34.5. The molecule has 0 radical (unpaired) electrons. The van der Waals surface area contributed by atoms with Crippen LogP contribution in [0.15, 0.2) is 0 Å². The molecular weight excluding hydrogens is 598 g/mol. The Kier molecular flexibility index (Phi) is 11.0. The van der Waals surface area contributed by atoms with Crippen LogP contribution in [0.5, 0.6) is 0 Å². The highest BCUT2D eigenvalue weighted by molar-refractivity contribution is 6.00. The van der Waals surface area contributed by atoms with Gasteiger partial charge in [-0.25, -0.2) is 4.79 Å². The second kappa shape index (κ2) is 13.8. The van der Waals surface area contributed by atoms with Crippen molar-refractivity contribution in [2.45, 2.75) is 135 Å². The number of likely N-dealkylation sites (N-methyl/N-ethyl adjacent to an activating group) is 1. The second-order valence-electron chi connectivity index (χ2n) is 14.7. The minimum atomic E-state index is -1.77. The van der Waals surface area contributed by atoms with E-state index >= 15 is 0 Å². The molecule has 0 aliphatic carbocycles. The van der Waals surface area contributed by atoms with Crippen LogP contribution in [-0.2, 0) is 33.3 Å². The minimum absolute atomic E-state index is 0.0901. The first-order valence-corrected chi connectivity index (χ1v) is 16.7. The smallest absolute Gasteiger partial charge is 0.411 e. The summed E-state index contributed by atoms with van der Waals surface area (Å²) in [7, 11) is 3.68. The lowest BCUT2D eigenvalue weighted by Crippen LogP contribution is -2.65. The predicted molar refractivity (Wildman–Crippen MR) is 167 cm³/mol. The lowest BCUT2D eigenvalue weighted by Gasteiger charge is -2.46. The molecule has 4 aliphatic rings. The summed E-state index contributed by atoms with van der Waals surface area (Å²) in [5, 5.41) is 26.5. The van der Waals surface area contributed by atoms with Crippen LogP contribution in [0, 0.1) is 23.7 Å². The number of hydrogen-bond acceptors (Lipinski definition) is 12. The lowest BCUT2D eigenvalue weighted by molar-refractivity contribution is -0.293. The first-order chi connectivity index (χ1) is 21.3. The number of esters is 1. The summed E-state index contributed by atoms with van der Waals surface area (Å²) in [6.07, 6.45) is -4.58. The average Bonchev–Trinajstić information content (AvgIpc) is 3.21. The molecule has 13 atom stereocenters. The Morgan fingerprint density at radius 1 is 1.02 bits per heavy atom. The highest BCUT2D eigenvalue weighted by Crippen LogP contribution is 2.43. The molecule has 46 heavy (non-hydrogen) atoms. The number of aliphatic hydroxyl groups excluding tert-OH is 1. The molecule has 0 saturated carbocycles. The van der Waals surface area contributed by atoms with Gasteiger partial charge in [-0.05, 0) is 61.1 Å². The lowest BCUT2D eigenvalue weighted by atomic mass is 9.73. The standard InChI is InChI=1S/C33H55N3O10/c1-11-23-33(8)27(36(31(41)46-33)21-14-34-15-21)18(4)24(37)16(2)13-32(7,42)28(19(5)25(38)20(6)29(40)44-23)45-30-26(39)22(35(9)10)12-17(3)43-30/h16-23,26-28,30,34,39,42H,11-15H2,1-10H3/t16-,17-,18+,19+,20-,22+,23-,26-,27-,28-,30+,32-,33-/m1/s1. The van der Waals surface area contributed by atoms with Crippen molar-refractivity contribution in [1.29, 1.82) is 0 Å². The van der Waals surface area contributed by atoms with E-state index in [-0.39, 0.29) is 36.8 Å². The van der Waals surface area contributed by atoms with E-state index in [1.807, 2.05) is 25.9 Å². The van der Waals surface area contributed by atoms with Crippen molar-refractivity contribution in [2.75, 3.05) is 27.2 Å². The molecule has 3 N–H and O–H groups in total. The topological polar surface area (TPSA) is 164 Å². The number of cyclic esters (lactones) is 1. The third-order valence-electron chi connectivity index (χ3n) is 10.8. The number of ketones is 2. The maximum absolute atomic E-state index is 14.2. The first-order valence-electron chi connectivity index (χ1n) is 16.7. The summed E-state index contributed by atoms with van der Waals surface area (Å²) >= 11 is 0. The number of rotatable bonds is 5. The summed E-state index contributed by atoms with van der Waals surface area (Å²) in [4.78, 5) is 58.7. The van der Waals surface area contributed by atoms with Crippen LogP contribution in [0.4, 0.5) is 4.79 Å². The summed E-state index contributed by atoms with van der Waals surface area (Å²) < 4.78 is 24.3. The number of carbonyl (C=O) groups excluding carboxylic acids is 4. The molecular formula is C33H55N3O10. The fourth-order valence-corrected chi connectivity index (χ4v) is 8.08. The molecule has 0 unspecified atom stereocenters. The predicted octanol–water partition coefficient (Wildman–Crippen LogP) is 1.51. The van der Waals surface area contributed by atoms with Crippen molar-refractivity contribution in [1.82, 2.24) is 15.1 Å². The van der Waals surface area contributed by atoms with E-state index in [1.54, 1.807) is 39.5 Å². The zero-order valence-electron chi connectivity index (χ0n) is 29.0.